The molecule has 0 aromatic carbocycles. The van der Waals surface area contributed by atoms with Gasteiger partial charge >= 0.3 is 0 Å². The highest BCUT2D eigenvalue weighted by molar-refractivity contribution is 5.75. The van der Waals surface area contributed by atoms with Crippen LogP contribution >= 0.6 is 0 Å². The second kappa shape index (κ2) is 5.50. The normalized spacial score (nSPS) is 10.3. The summed E-state index contributed by atoms with van der Waals surface area (Å²) in [5.74, 6) is 0.0606. The molecule has 0 aliphatic carbocycles. The van der Waals surface area contributed by atoms with Crippen LogP contribution < -0.4 is 10.6 Å². The van der Waals surface area contributed by atoms with Crippen LogP contribution in [0.5, 0.6) is 0 Å². The first-order chi connectivity index (χ1) is 7.13. The lowest BCUT2D eigenvalue weighted by Gasteiger charge is -2.02. The minimum atomic E-state index is 0.0606. The monoisotopic (exact) mass is 210 g/mol. The molecule has 5 nitrogen and oxygen atoms in total. The van der Waals surface area contributed by atoms with Crippen LogP contribution in [0.2, 0.25) is 0 Å². The molecule has 0 bridgehead atoms. The van der Waals surface area contributed by atoms with Gasteiger partial charge in [-0.3, -0.25) is 9.48 Å². The van der Waals surface area contributed by atoms with Crippen molar-refractivity contribution in [1.29, 1.82) is 0 Å². The molecular weight excluding hydrogens is 192 g/mol. The lowest BCUT2D eigenvalue weighted by atomic mass is 10.2. The van der Waals surface area contributed by atoms with Crippen molar-refractivity contribution >= 4 is 5.91 Å². The first-order valence-corrected chi connectivity index (χ1v) is 5.04. The first kappa shape index (κ1) is 11.7. The Morgan fingerprint density at radius 2 is 2.33 bits per heavy atom. The van der Waals surface area contributed by atoms with Crippen LogP contribution in [0.15, 0.2) is 6.20 Å². The van der Waals surface area contributed by atoms with E-state index in [9.17, 15) is 4.79 Å². The number of carbonyl (C=O) groups excluding carboxylic acids is 1. The van der Waals surface area contributed by atoms with Crippen molar-refractivity contribution in [2.24, 2.45) is 7.05 Å². The fraction of sp³-hybridized carbons (Fsp3) is 0.600. The number of hydrogen-bond acceptors (Lipinski definition) is 3. The molecule has 0 aliphatic heterocycles. The Bertz CT molecular complexity index is 332. The van der Waals surface area contributed by atoms with Crippen LogP contribution in [0.25, 0.3) is 0 Å². The molecule has 0 saturated carbocycles. The molecule has 2 N–H and O–H groups in total. The third-order valence-corrected chi connectivity index (χ3v) is 2.24. The number of carbonyl (C=O) groups is 1. The number of hydrogen-bond donors (Lipinski definition) is 2. The van der Waals surface area contributed by atoms with Gasteiger partial charge in [-0.2, -0.15) is 5.10 Å². The van der Waals surface area contributed by atoms with Crippen molar-refractivity contribution in [3.05, 3.63) is 17.5 Å². The summed E-state index contributed by atoms with van der Waals surface area (Å²) in [6, 6.07) is 0. The summed E-state index contributed by atoms with van der Waals surface area (Å²) in [5, 5.41) is 10.0. The van der Waals surface area contributed by atoms with Crippen LogP contribution in [0, 0.1) is 6.92 Å². The SMILES string of the molecule is CNC(=O)CCNCc1cn(C)nc1C. The molecule has 0 radical (unpaired) electrons. The second-order valence-corrected chi connectivity index (χ2v) is 3.51. The van der Waals surface area contributed by atoms with Gasteiger partial charge in [-0.25, -0.2) is 0 Å². The topological polar surface area (TPSA) is 59.0 Å². The third kappa shape index (κ3) is 3.71. The Hall–Kier alpha value is -1.36. The lowest BCUT2D eigenvalue weighted by Crippen LogP contribution is -2.24. The minimum Gasteiger partial charge on any atom is -0.359 e. The molecule has 1 aromatic rings. The smallest absolute Gasteiger partial charge is 0.221 e. The summed E-state index contributed by atoms with van der Waals surface area (Å²) < 4.78 is 1.80. The van der Waals surface area contributed by atoms with Crippen LogP contribution in [-0.2, 0) is 18.4 Å². The van der Waals surface area contributed by atoms with E-state index in [1.54, 1.807) is 11.7 Å². The maximum absolute atomic E-state index is 10.9. The van der Waals surface area contributed by atoms with Crippen molar-refractivity contribution in [2.45, 2.75) is 19.9 Å². The third-order valence-electron chi connectivity index (χ3n) is 2.24. The van der Waals surface area contributed by atoms with Gasteiger partial charge in [0.2, 0.25) is 5.91 Å². The molecule has 1 amide bonds. The van der Waals surface area contributed by atoms with E-state index >= 15 is 0 Å². The fourth-order valence-corrected chi connectivity index (χ4v) is 1.37. The molecule has 0 atom stereocenters. The van der Waals surface area contributed by atoms with Gasteiger partial charge in [0.05, 0.1) is 5.69 Å². The van der Waals surface area contributed by atoms with Crippen LogP contribution in [-0.4, -0.2) is 29.3 Å². The van der Waals surface area contributed by atoms with Gasteiger partial charge < -0.3 is 10.6 Å². The maximum Gasteiger partial charge on any atom is 0.221 e. The van der Waals surface area contributed by atoms with E-state index in [0.29, 0.717) is 13.0 Å². The van der Waals surface area contributed by atoms with E-state index in [1.807, 2.05) is 20.2 Å². The Labute approximate surface area is 89.9 Å². The molecular formula is C10H18N4O. The molecule has 0 spiro atoms. The van der Waals surface area contributed by atoms with Crippen molar-refractivity contribution in [3.8, 4) is 0 Å². The molecule has 15 heavy (non-hydrogen) atoms. The zero-order chi connectivity index (χ0) is 11.3. The number of aromatic nitrogens is 2. The molecule has 0 saturated heterocycles. The predicted octanol–water partition coefficient (Wildman–Crippen LogP) is -0.0458. The average Bonchev–Trinajstić information content (AvgIpc) is 2.52. The molecule has 0 aliphatic rings. The Balaban J connectivity index is 2.26. The summed E-state index contributed by atoms with van der Waals surface area (Å²) in [6.45, 7) is 3.43. The molecule has 1 rings (SSSR count). The van der Waals surface area contributed by atoms with Gasteiger partial charge in [0.1, 0.15) is 0 Å². The fourth-order valence-electron chi connectivity index (χ4n) is 1.37. The van der Waals surface area contributed by atoms with Gasteiger partial charge in [0.25, 0.3) is 0 Å². The highest BCUT2D eigenvalue weighted by Crippen LogP contribution is 2.03. The second-order valence-electron chi connectivity index (χ2n) is 3.51. The molecule has 0 fully saturated rings. The zero-order valence-electron chi connectivity index (χ0n) is 9.50. The van der Waals surface area contributed by atoms with Gasteiger partial charge in [0, 0.05) is 45.4 Å². The molecule has 0 unspecified atom stereocenters. The Morgan fingerprint density at radius 1 is 1.60 bits per heavy atom. The van der Waals surface area contributed by atoms with E-state index in [-0.39, 0.29) is 5.91 Å². The Kier molecular flexibility index (Phi) is 4.30. The summed E-state index contributed by atoms with van der Waals surface area (Å²) in [4.78, 5) is 10.9. The summed E-state index contributed by atoms with van der Waals surface area (Å²) in [7, 11) is 3.55. The molecule has 84 valence electrons. The van der Waals surface area contributed by atoms with E-state index in [0.717, 1.165) is 12.2 Å². The predicted molar refractivity (Wildman–Crippen MR) is 58.3 cm³/mol. The average molecular weight is 210 g/mol. The van der Waals surface area contributed by atoms with E-state index in [1.165, 1.54) is 5.56 Å². The molecule has 5 heteroatoms. The number of nitrogens with zero attached hydrogens (tertiary/aromatic N) is 2. The minimum absolute atomic E-state index is 0.0606. The largest absolute Gasteiger partial charge is 0.359 e. The summed E-state index contributed by atoms with van der Waals surface area (Å²) in [5.41, 5.74) is 2.21. The van der Waals surface area contributed by atoms with Crippen LogP contribution in [0.3, 0.4) is 0 Å². The highest BCUT2D eigenvalue weighted by Gasteiger charge is 2.02. The lowest BCUT2D eigenvalue weighted by molar-refractivity contribution is -0.120. The number of aryl methyl sites for hydroxylation is 2. The van der Waals surface area contributed by atoms with E-state index in [2.05, 4.69) is 15.7 Å². The number of amides is 1. The zero-order valence-corrected chi connectivity index (χ0v) is 9.50. The van der Waals surface area contributed by atoms with Crippen molar-refractivity contribution < 1.29 is 4.79 Å². The van der Waals surface area contributed by atoms with Gasteiger partial charge in [-0.05, 0) is 6.92 Å². The van der Waals surface area contributed by atoms with Crippen molar-refractivity contribution in [1.82, 2.24) is 20.4 Å². The Morgan fingerprint density at radius 3 is 2.87 bits per heavy atom. The molecule has 1 aromatic heterocycles. The maximum atomic E-state index is 10.9. The summed E-state index contributed by atoms with van der Waals surface area (Å²) >= 11 is 0. The standard InChI is InChI=1S/C10H18N4O/c1-8-9(7-14(3)13-8)6-12-5-4-10(15)11-2/h7,12H,4-6H2,1-3H3,(H,11,15). The first-order valence-electron chi connectivity index (χ1n) is 5.04. The van der Waals surface area contributed by atoms with Crippen molar-refractivity contribution in [2.75, 3.05) is 13.6 Å². The van der Waals surface area contributed by atoms with Gasteiger partial charge in [-0.1, -0.05) is 0 Å². The molecule has 1 heterocycles. The van der Waals surface area contributed by atoms with Crippen LogP contribution in [0.1, 0.15) is 17.7 Å². The number of rotatable bonds is 5. The number of nitrogens with one attached hydrogen (secondary N) is 2. The van der Waals surface area contributed by atoms with Crippen molar-refractivity contribution in [3.63, 3.8) is 0 Å². The van der Waals surface area contributed by atoms with E-state index in [4.69, 9.17) is 0 Å². The summed E-state index contributed by atoms with van der Waals surface area (Å²) in [6.07, 6.45) is 2.50. The van der Waals surface area contributed by atoms with Crippen LogP contribution in [0.4, 0.5) is 0 Å². The van der Waals surface area contributed by atoms with E-state index < -0.39 is 0 Å². The highest BCUT2D eigenvalue weighted by atomic mass is 16.1. The van der Waals surface area contributed by atoms with Gasteiger partial charge in [-0.15, -0.1) is 0 Å². The quantitative estimate of drug-likeness (QED) is 0.670. The van der Waals surface area contributed by atoms with Gasteiger partial charge in [0.15, 0.2) is 0 Å².